The number of amides is 1. The molecule has 0 atom stereocenters. The molecule has 0 saturated heterocycles. The van der Waals surface area contributed by atoms with E-state index in [-0.39, 0.29) is 5.91 Å². The van der Waals surface area contributed by atoms with Gasteiger partial charge < -0.3 is 14.4 Å². The first kappa shape index (κ1) is 14.4. The molecule has 7 heteroatoms. The maximum absolute atomic E-state index is 12.3. The molecule has 6 nitrogen and oxygen atoms in total. The fourth-order valence-electron chi connectivity index (χ4n) is 1.58. The number of carbonyl (C=O) groups excluding carboxylic acids is 1. The highest BCUT2D eigenvalue weighted by molar-refractivity contribution is 7.09. The normalized spacial score (nSPS) is 10.3. The predicted molar refractivity (Wildman–Crippen MR) is 76.3 cm³/mol. The van der Waals surface area contributed by atoms with E-state index in [1.165, 1.54) is 16.2 Å². The Balaban J connectivity index is 2.13. The van der Waals surface area contributed by atoms with Gasteiger partial charge in [0.15, 0.2) is 0 Å². The molecule has 0 aliphatic rings. The van der Waals surface area contributed by atoms with Crippen molar-refractivity contribution < 1.29 is 14.3 Å². The van der Waals surface area contributed by atoms with Gasteiger partial charge in [0.1, 0.15) is 10.7 Å². The molecule has 0 aliphatic carbocycles. The van der Waals surface area contributed by atoms with E-state index in [1.807, 2.05) is 0 Å². The summed E-state index contributed by atoms with van der Waals surface area (Å²) in [6.07, 6.45) is 1.58. The third-order valence-electron chi connectivity index (χ3n) is 2.66. The molecule has 0 radical (unpaired) electrons. The lowest BCUT2D eigenvalue weighted by atomic mass is 10.3. The summed E-state index contributed by atoms with van der Waals surface area (Å²) < 4.78 is 9.98. The summed E-state index contributed by atoms with van der Waals surface area (Å²) >= 11 is 1.40. The lowest BCUT2D eigenvalue weighted by molar-refractivity contribution is 0.0988. The van der Waals surface area contributed by atoms with Gasteiger partial charge >= 0.3 is 0 Å². The van der Waals surface area contributed by atoms with Crippen LogP contribution in [0.3, 0.4) is 0 Å². The average molecular weight is 293 g/mol. The van der Waals surface area contributed by atoms with Gasteiger partial charge in [0.25, 0.3) is 5.91 Å². The summed E-state index contributed by atoms with van der Waals surface area (Å²) in [5.74, 6) is 0.321. The summed E-state index contributed by atoms with van der Waals surface area (Å²) in [5, 5.41) is 2.50. The van der Waals surface area contributed by atoms with Gasteiger partial charge in [-0.25, -0.2) is 9.97 Å². The zero-order valence-electron chi connectivity index (χ0n) is 11.5. The zero-order valence-corrected chi connectivity index (χ0v) is 12.3. The van der Waals surface area contributed by atoms with Crippen molar-refractivity contribution in [3.05, 3.63) is 34.4 Å². The van der Waals surface area contributed by atoms with Gasteiger partial charge in [0.2, 0.25) is 5.88 Å². The Morgan fingerprint density at radius 2 is 2.20 bits per heavy atom. The first-order valence-corrected chi connectivity index (χ1v) is 6.75. The molecule has 2 rings (SSSR count). The molecule has 0 unspecified atom stereocenters. The number of nitrogens with zero attached hydrogens (tertiary/aromatic N) is 3. The SMILES string of the molecule is COCc1nc(C(=O)N(C)c2ccc(OC)nc2)cs1. The van der Waals surface area contributed by atoms with Crippen molar-refractivity contribution in [2.75, 3.05) is 26.2 Å². The van der Waals surface area contributed by atoms with Crippen molar-refractivity contribution in [3.63, 3.8) is 0 Å². The van der Waals surface area contributed by atoms with Crippen molar-refractivity contribution in [1.29, 1.82) is 0 Å². The Labute approximate surface area is 121 Å². The molecule has 2 heterocycles. The number of rotatable bonds is 5. The average Bonchev–Trinajstić information content (AvgIpc) is 2.95. The first-order chi connectivity index (χ1) is 9.65. The van der Waals surface area contributed by atoms with Gasteiger partial charge in [0, 0.05) is 25.6 Å². The van der Waals surface area contributed by atoms with Crippen LogP contribution < -0.4 is 9.64 Å². The molecule has 0 aliphatic heterocycles. The minimum absolute atomic E-state index is 0.185. The molecule has 0 bridgehead atoms. The number of methoxy groups -OCH3 is 2. The molecular weight excluding hydrogens is 278 g/mol. The van der Waals surface area contributed by atoms with Crippen LogP contribution in [0.4, 0.5) is 5.69 Å². The van der Waals surface area contributed by atoms with Gasteiger partial charge in [-0.2, -0.15) is 0 Å². The van der Waals surface area contributed by atoms with Crippen LogP contribution in [0.2, 0.25) is 0 Å². The van der Waals surface area contributed by atoms with E-state index in [9.17, 15) is 4.79 Å². The lowest BCUT2D eigenvalue weighted by Crippen LogP contribution is -2.26. The quantitative estimate of drug-likeness (QED) is 0.843. The Kier molecular flexibility index (Phi) is 4.65. The molecule has 0 fully saturated rings. The van der Waals surface area contributed by atoms with Gasteiger partial charge in [-0.1, -0.05) is 0 Å². The smallest absolute Gasteiger partial charge is 0.277 e. The van der Waals surface area contributed by atoms with Crippen LogP contribution in [0.15, 0.2) is 23.7 Å². The van der Waals surface area contributed by atoms with Crippen molar-refractivity contribution in [1.82, 2.24) is 9.97 Å². The van der Waals surface area contributed by atoms with Crippen molar-refractivity contribution in [2.45, 2.75) is 6.61 Å². The van der Waals surface area contributed by atoms with Crippen molar-refractivity contribution in [2.24, 2.45) is 0 Å². The van der Waals surface area contributed by atoms with E-state index >= 15 is 0 Å². The van der Waals surface area contributed by atoms with Gasteiger partial charge in [0.05, 0.1) is 25.6 Å². The number of anilines is 1. The molecule has 1 amide bonds. The molecule has 0 saturated carbocycles. The number of thiazole rings is 1. The fraction of sp³-hybridized carbons (Fsp3) is 0.308. The monoisotopic (exact) mass is 293 g/mol. The van der Waals surface area contributed by atoms with E-state index in [0.29, 0.717) is 23.9 Å². The molecule has 2 aromatic rings. The Hall–Kier alpha value is -1.99. The molecule has 0 N–H and O–H groups in total. The van der Waals surface area contributed by atoms with Crippen LogP contribution in [-0.4, -0.2) is 37.1 Å². The Morgan fingerprint density at radius 1 is 1.40 bits per heavy atom. The second-order valence-electron chi connectivity index (χ2n) is 3.98. The zero-order chi connectivity index (χ0) is 14.5. The van der Waals surface area contributed by atoms with E-state index in [1.54, 1.807) is 45.0 Å². The van der Waals surface area contributed by atoms with E-state index in [4.69, 9.17) is 9.47 Å². The number of hydrogen-bond acceptors (Lipinski definition) is 6. The van der Waals surface area contributed by atoms with Gasteiger partial charge in [-0.05, 0) is 6.07 Å². The molecule has 106 valence electrons. The lowest BCUT2D eigenvalue weighted by Gasteiger charge is -2.15. The number of ether oxygens (including phenoxy) is 2. The Morgan fingerprint density at radius 3 is 2.80 bits per heavy atom. The van der Waals surface area contributed by atoms with Crippen LogP contribution in [0.1, 0.15) is 15.5 Å². The minimum atomic E-state index is -0.185. The molecule has 0 aromatic carbocycles. The van der Waals surface area contributed by atoms with Crippen LogP contribution in [0.25, 0.3) is 0 Å². The minimum Gasteiger partial charge on any atom is -0.481 e. The highest BCUT2D eigenvalue weighted by Crippen LogP contribution is 2.18. The standard InChI is InChI=1S/C13H15N3O3S/c1-16(9-4-5-11(19-3)14-6-9)13(17)10-8-20-12(15-10)7-18-2/h4-6,8H,7H2,1-3H3. The maximum Gasteiger partial charge on any atom is 0.277 e. The molecule has 0 spiro atoms. The second kappa shape index (κ2) is 6.44. The van der Waals surface area contributed by atoms with E-state index < -0.39 is 0 Å². The Bertz CT molecular complexity index is 583. The number of carbonyl (C=O) groups is 1. The van der Waals surface area contributed by atoms with E-state index in [0.717, 1.165) is 5.01 Å². The number of pyridine rings is 1. The van der Waals surface area contributed by atoms with Crippen LogP contribution in [-0.2, 0) is 11.3 Å². The number of hydrogen-bond donors (Lipinski definition) is 0. The van der Waals surface area contributed by atoms with Gasteiger partial charge in [-0.3, -0.25) is 4.79 Å². The molecule has 2 aromatic heterocycles. The van der Waals surface area contributed by atoms with E-state index in [2.05, 4.69) is 9.97 Å². The maximum atomic E-state index is 12.3. The highest BCUT2D eigenvalue weighted by atomic mass is 32.1. The predicted octanol–water partition coefficient (Wildman–Crippen LogP) is 1.97. The highest BCUT2D eigenvalue weighted by Gasteiger charge is 2.17. The summed E-state index contributed by atoms with van der Waals surface area (Å²) in [4.78, 5) is 22.1. The summed E-state index contributed by atoms with van der Waals surface area (Å²) in [6.45, 7) is 0.408. The topological polar surface area (TPSA) is 64.5 Å². The second-order valence-corrected chi connectivity index (χ2v) is 4.93. The summed E-state index contributed by atoms with van der Waals surface area (Å²) in [7, 11) is 4.82. The van der Waals surface area contributed by atoms with Crippen molar-refractivity contribution in [3.8, 4) is 5.88 Å². The van der Waals surface area contributed by atoms with Crippen LogP contribution in [0.5, 0.6) is 5.88 Å². The largest absolute Gasteiger partial charge is 0.481 e. The fourth-order valence-corrected chi connectivity index (χ4v) is 2.32. The van der Waals surface area contributed by atoms with Crippen molar-refractivity contribution >= 4 is 22.9 Å². The summed E-state index contributed by atoms with van der Waals surface area (Å²) in [5.41, 5.74) is 1.08. The molecule has 20 heavy (non-hydrogen) atoms. The van der Waals surface area contributed by atoms with Gasteiger partial charge in [-0.15, -0.1) is 11.3 Å². The number of aromatic nitrogens is 2. The molecular formula is C13H15N3O3S. The summed E-state index contributed by atoms with van der Waals surface area (Å²) in [6, 6.07) is 3.47. The van der Waals surface area contributed by atoms with Crippen LogP contribution >= 0.6 is 11.3 Å². The first-order valence-electron chi connectivity index (χ1n) is 5.87. The van der Waals surface area contributed by atoms with Crippen LogP contribution in [0, 0.1) is 0 Å². The third kappa shape index (κ3) is 3.12. The third-order valence-corrected chi connectivity index (χ3v) is 3.48.